The number of thiol groups is 1. The summed E-state index contributed by atoms with van der Waals surface area (Å²) in [5.74, 6) is 0. The van der Waals surface area contributed by atoms with Crippen molar-refractivity contribution in [1.82, 2.24) is 0 Å². The van der Waals surface area contributed by atoms with Gasteiger partial charge in [-0.1, -0.05) is 6.07 Å². The van der Waals surface area contributed by atoms with Gasteiger partial charge in [0.1, 0.15) is 0 Å². The average molecular weight is 154 g/mol. The van der Waals surface area contributed by atoms with Crippen LogP contribution >= 0.6 is 12.6 Å². The molecule has 0 bridgehead atoms. The Morgan fingerprint density at radius 2 is 2.40 bits per heavy atom. The topological polar surface area (TPSA) is 43.1 Å². The van der Waals surface area contributed by atoms with Crippen molar-refractivity contribution in [2.75, 3.05) is 0 Å². The maximum Gasteiger partial charge on any atom is 0.290 e. The van der Waals surface area contributed by atoms with Crippen molar-refractivity contribution in [3.8, 4) is 0 Å². The van der Waals surface area contributed by atoms with Gasteiger partial charge in [-0.2, -0.15) is 0 Å². The van der Waals surface area contributed by atoms with Crippen LogP contribution in [0.15, 0.2) is 23.1 Å². The maximum atomic E-state index is 10.1. The monoisotopic (exact) mass is 154 g/mol. The van der Waals surface area contributed by atoms with Gasteiger partial charge in [0.2, 0.25) is 0 Å². The lowest BCUT2D eigenvalue weighted by Crippen LogP contribution is -1.88. The molecule has 0 spiro atoms. The Morgan fingerprint density at radius 1 is 1.70 bits per heavy atom. The molecule has 0 heterocycles. The molecule has 0 atom stereocenters. The molecule has 0 saturated carbocycles. The Labute approximate surface area is 63.2 Å². The highest BCUT2D eigenvalue weighted by Crippen LogP contribution is 2.19. The van der Waals surface area contributed by atoms with Crippen molar-refractivity contribution in [1.29, 1.82) is 0 Å². The highest BCUT2D eigenvalue weighted by Gasteiger charge is 2.07. The molecule has 0 amide bonds. The molecular weight excluding hydrogens is 150 g/mol. The molecule has 0 aliphatic heterocycles. The summed E-state index contributed by atoms with van der Waals surface area (Å²) in [5, 5.41) is 10.1. The molecule has 3 nitrogen and oxygen atoms in total. The van der Waals surface area contributed by atoms with Crippen LogP contribution in [0.3, 0.4) is 0 Å². The van der Waals surface area contributed by atoms with Crippen LogP contribution in [0.25, 0.3) is 0 Å². The Bertz CT molecular complexity index is 262. The molecule has 4 heteroatoms. The van der Waals surface area contributed by atoms with Gasteiger partial charge in [-0.25, -0.2) is 0 Å². The van der Waals surface area contributed by atoms with Gasteiger partial charge in [-0.15, -0.1) is 12.6 Å². The van der Waals surface area contributed by atoms with E-state index in [9.17, 15) is 10.1 Å². The summed E-state index contributed by atoms with van der Waals surface area (Å²) in [6.07, 6.45) is 0. The predicted octanol–water partition coefficient (Wildman–Crippen LogP) is 1.68. The van der Waals surface area contributed by atoms with Gasteiger partial charge in [-0.05, 0) is 12.1 Å². The van der Waals surface area contributed by atoms with Gasteiger partial charge in [0.15, 0.2) is 0 Å². The van der Waals surface area contributed by atoms with Crippen LogP contribution in [0.4, 0.5) is 5.69 Å². The van der Waals surface area contributed by atoms with Crippen LogP contribution in [0, 0.1) is 16.2 Å². The van der Waals surface area contributed by atoms with Crippen LogP contribution in [0.2, 0.25) is 0 Å². The lowest BCUT2D eigenvalue weighted by atomic mass is 10.3. The average Bonchev–Trinajstić information content (AvgIpc) is 1.88. The standard InChI is InChI=1S/C6H4NO2S/c8-7(9)5-3-1-2-4-6(5)10/h1-2,4,10H. The van der Waals surface area contributed by atoms with E-state index in [0.29, 0.717) is 4.90 Å². The zero-order valence-electron chi connectivity index (χ0n) is 4.94. The summed E-state index contributed by atoms with van der Waals surface area (Å²) in [7, 11) is 0. The molecular formula is C6H4NO2S. The number of hydrogen-bond acceptors (Lipinski definition) is 3. The third-order valence-electron chi connectivity index (χ3n) is 0.996. The predicted molar refractivity (Wildman–Crippen MR) is 39.2 cm³/mol. The highest BCUT2D eigenvalue weighted by molar-refractivity contribution is 7.80. The Kier molecular flexibility index (Phi) is 1.91. The van der Waals surface area contributed by atoms with Gasteiger partial charge in [0, 0.05) is 0 Å². The molecule has 51 valence electrons. The minimum absolute atomic E-state index is 0.0779. The van der Waals surface area contributed by atoms with Crippen LogP contribution in [-0.2, 0) is 0 Å². The van der Waals surface area contributed by atoms with E-state index in [1.807, 2.05) is 0 Å². The second kappa shape index (κ2) is 2.70. The number of nitro groups is 1. The lowest BCUT2D eigenvalue weighted by Gasteiger charge is -1.91. The van der Waals surface area contributed by atoms with Gasteiger partial charge in [0.05, 0.1) is 15.9 Å². The van der Waals surface area contributed by atoms with Crippen molar-refractivity contribution >= 4 is 18.3 Å². The van der Waals surface area contributed by atoms with Gasteiger partial charge < -0.3 is 0 Å². The first-order valence-electron chi connectivity index (χ1n) is 2.56. The van der Waals surface area contributed by atoms with E-state index in [1.165, 1.54) is 6.07 Å². The van der Waals surface area contributed by atoms with Crippen molar-refractivity contribution in [2.24, 2.45) is 0 Å². The molecule has 1 aromatic carbocycles. The SMILES string of the molecule is O=[N+]([O-])c1[c]cccc1S. The summed E-state index contributed by atoms with van der Waals surface area (Å²) in [5.41, 5.74) is -0.0779. The normalized spacial score (nSPS) is 9.30. The molecule has 1 radical (unpaired) electrons. The number of hydrogen-bond donors (Lipinski definition) is 1. The molecule has 0 unspecified atom stereocenters. The summed E-state index contributed by atoms with van der Waals surface area (Å²) in [6.45, 7) is 0. The quantitative estimate of drug-likeness (QED) is 0.380. The summed E-state index contributed by atoms with van der Waals surface area (Å²) >= 11 is 3.86. The molecule has 1 aromatic rings. The van der Waals surface area contributed by atoms with Crippen molar-refractivity contribution in [3.05, 3.63) is 34.4 Å². The molecule has 10 heavy (non-hydrogen) atoms. The number of para-hydroxylation sites is 1. The first kappa shape index (κ1) is 7.08. The van der Waals surface area contributed by atoms with Crippen LogP contribution in [0.5, 0.6) is 0 Å². The Morgan fingerprint density at radius 3 is 2.80 bits per heavy atom. The third-order valence-corrected chi connectivity index (χ3v) is 1.36. The van der Waals surface area contributed by atoms with Gasteiger partial charge >= 0.3 is 0 Å². The Hall–Kier alpha value is -1.03. The zero-order valence-corrected chi connectivity index (χ0v) is 5.84. The molecule has 1 rings (SSSR count). The van der Waals surface area contributed by atoms with E-state index >= 15 is 0 Å². The molecule has 0 saturated heterocycles. The minimum Gasteiger partial charge on any atom is -0.258 e. The minimum atomic E-state index is -0.512. The smallest absolute Gasteiger partial charge is 0.258 e. The first-order chi connectivity index (χ1) is 4.72. The molecule has 0 aliphatic carbocycles. The van der Waals surface area contributed by atoms with Crippen molar-refractivity contribution in [2.45, 2.75) is 4.90 Å². The third kappa shape index (κ3) is 1.27. The summed E-state index contributed by atoms with van der Waals surface area (Å²) < 4.78 is 0. The highest BCUT2D eigenvalue weighted by atomic mass is 32.1. The van der Waals surface area contributed by atoms with Gasteiger partial charge in [-0.3, -0.25) is 10.1 Å². The Balaban J connectivity index is 3.15. The van der Waals surface area contributed by atoms with E-state index in [2.05, 4.69) is 18.7 Å². The molecule has 0 fully saturated rings. The molecule has 0 aromatic heterocycles. The van der Waals surface area contributed by atoms with Crippen LogP contribution < -0.4 is 0 Å². The lowest BCUT2D eigenvalue weighted by molar-refractivity contribution is -0.388. The van der Waals surface area contributed by atoms with Crippen molar-refractivity contribution < 1.29 is 4.92 Å². The van der Waals surface area contributed by atoms with Crippen LogP contribution in [-0.4, -0.2) is 4.92 Å². The maximum absolute atomic E-state index is 10.1. The fourth-order valence-electron chi connectivity index (χ4n) is 0.565. The van der Waals surface area contributed by atoms with E-state index < -0.39 is 4.92 Å². The summed E-state index contributed by atoms with van der Waals surface area (Å²) in [6, 6.07) is 7.15. The van der Waals surface area contributed by atoms with Crippen molar-refractivity contribution in [3.63, 3.8) is 0 Å². The fraction of sp³-hybridized carbons (Fsp3) is 0. The van der Waals surface area contributed by atoms with Gasteiger partial charge in [0.25, 0.3) is 5.69 Å². The van der Waals surface area contributed by atoms with E-state index in [1.54, 1.807) is 12.1 Å². The first-order valence-corrected chi connectivity index (χ1v) is 3.00. The van der Waals surface area contributed by atoms with E-state index in [0.717, 1.165) is 0 Å². The number of rotatable bonds is 1. The number of nitrogens with zero attached hydrogens (tertiary/aromatic N) is 1. The molecule has 0 N–H and O–H groups in total. The summed E-state index contributed by atoms with van der Waals surface area (Å²) in [4.78, 5) is 9.98. The zero-order chi connectivity index (χ0) is 7.56. The van der Waals surface area contributed by atoms with E-state index in [-0.39, 0.29) is 5.69 Å². The number of benzene rings is 1. The number of nitro benzene ring substituents is 1. The van der Waals surface area contributed by atoms with E-state index in [4.69, 9.17) is 0 Å². The largest absolute Gasteiger partial charge is 0.290 e. The second-order valence-corrected chi connectivity index (χ2v) is 2.14. The second-order valence-electron chi connectivity index (χ2n) is 1.66. The molecule has 0 aliphatic rings. The fourth-order valence-corrected chi connectivity index (χ4v) is 0.798. The van der Waals surface area contributed by atoms with Crippen LogP contribution in [0.1, 0.15) is 0 Å².